The number of nitrogens with zero attached hydrogens (tertiary/aromatic N) is 1. The number of carbonyl (C=O) groups excluding carboxylic acids is 3. The van der Waals surface area contributed by atoms with E-state index in [1.54, 1.807) is 0 Å². The number of benzene rings is 1. The Morgan fingerprint density at radius 2 is 1.62 bits per heavy atom. The van der Waals surface area contributed by atoms with Gasteiger partial charge in [0.1, 0.15) is 17.5 Å². The van der Waals surface area contributed by atoms with Gasteiger partial charge in [0.25, 0.3) is 0 Å². The van der Waals surface area contributed by atoms with Crippen molar-refractivity contribution in [2.24, 2.45) is 0 Å². The molecular weight excluding hydrogens is 395 g/mol. The van der Waals surface area contributed by atoms with E-state index in [1.807, 2.05) is 0 Å². The average molecular weight is 417 g/mol. The van der Waals surface area contributed by atoms with Crippen molar-refractivity contribution in [1.82, 2.24) is 4.90 Å². The minimum Gasteiger partial charge on any atom is -0.480 e. The fourth-order valence-electron chi connectivity index (χ4n) is 2.39. The van der Waals surface area contributed by atoms with Crippen LogP contribution in [-0.4, -0.2) is 45.4 Å². The summed E-state index contributed by atoms with van der Waals surface area (Å²) in [5.74, 6) is -7.68. The lowest BCUT2D eigenvalue weighted by Gasteiger charge is -2.29. The number of halogens is 3. The maximum atomic E-state index is 13.7. The maximum absolute atomic E-state index is 13.7. The van der Waals surface area contributed by atoms with E-state index in [1.165, 1.54) is 27.7 Å². The standard InChI is InChI=1S/C19H22F3NO6/c1-5-16(25)23(18(28)29-19(2,3)4)14(17(26)27)6-7-15(24)10-8-12(21)13(22)9-11(10)20/h8-9,14H,5-7H2,1-4H3,(H,26,27). The van der Waals surface area contributed by atoms with Crippen LogP contribution in [0.25, 0.3) is 0 Å². The van der Waals surface area contributed by atoms with Gasteiger partial charge >= 0.3 is 12.1 Å². The predicted octanol–water partition coefficient (Wildman–Crippen LogP) is 3.69. The van der Waals surface area contributed by atoms with Crippen molar-refractivity contribution >= 4 is 23.8 Å². The van der Waals surface area contributed by atoms with Crippen LogP contribution in [0.5, 0.6) is 0 Å². The van der Waals surface area contributed by atoms with E-state index in [-0.39, 0.29) is 12.5 Å². The number of carboxylic acids is 1. The van der Waals surface area contributed by atoms with E-state index >= 15 is 0 Å². The first-order valence-corrected chi connectivity index (χ1v) is 8.74. The van der Waals surface area contributed by atoms with Crippen LogP contribution in [0.15, 0.2) is 12.1 Å². The van der Waals surface area contributed by atoms with Crippen LogP contribution in [0.2, 0.25) is 0 Å². The van der Waals surface area contributed by atoms with Crippen LogP contribution < -0.4 is 0 Å². The number of Topliss-reactive ketones (excluding diaryl/α,β-unsaturated/α-hetero) is 1. The van der Waals surface area contributed by atoms with Crippen molar-refractivity contribution in [2.75, 3.05) is 0 Å². The summed E-state index contributed by atoms with van der Waals surface area (Å²) < 4.78 is 45.1. The van der Waals surface area contributed by atoms with Crippen molar-refractivity contribution in [1.29, 1.82) is 0 Å². The number of aliphatic carboxylic acids is 1. The molecule has 0 aliphatic carbocycles. The molecule has 0 saturated carbocycles. The van der Waals surface area contributed by atoms with Crippen molar-refractivity contribution in [2.45, 2.75) is 58.6 Å². The van der Waals surface area contributed by atoms with E-state index in [4.69, 9.17) is 4.74 Å². The zero-order valence-electron chi connectivity index (χ0n) is 16.4. The van der Waals surface area contributed by atoms with Gasteiger partial charge in [0.05, 0.1) is 5.56 Å². The summed E-state index contributed by atoms with van der Waals surface area (Å²) >= 11 is 0. The van der Waals surface area contributed by atoms with E-state index < -0.39 is 71.3 Å². The largest absolute Gasteiger partial charge is 0.480 e. The SMILES string of the molecule is CCC(=O)N(C(=O)OC(C)(C)C)C(CCC(=O)c1cc(F)c(F)cc1F)C(=O)O. The second kappa shape index (κ2) is 9.53. The first-order valence-electron chi connectivity index (χ1n) is 8.74. The maximum Gasteiger partial charge on any atom is 0.417 e. The van der Waals surface area contributed by atoms with Crippen molar-refractivity contribution in [3.63, 3.8) is 0 Å². The normalized spacial score (nSPS) is 12.2. The topological polar surface area (TPSA) is 101 Å². The van der Waals surface area contributed by atoms with Gasteiger partial charge in [0.2, 0.25) is 5.91 Å². The highest BCUT2D eigenvalue weighted by atomic mass is 19.2. The Morgan fingerprint density at radius 1 is 1.07 bits per heavy atom. The van der Waals surface area contributed by atoms with Gasteiger partial charge in [0, 0.05) is 18.9 Å². The van der Waals surface area contributed by atoms with Crippen LogP contribution in [0.4, 0.5) is 18.0 Å². The second-order valence-electron chi connectivity index (χ2n) is 7.16. The Kier molecular flexibility index (Phi) is 7.93. The molecule has 160 valence electrons. The Morgan fingerprint density at radius 3 is 2.10 bits per heavy atom. The highest BCUT2D eigenvalue weighted by molar-refractivity contribution is 5.98. The van der Waals surface area contributed by atoms with E-state index in [0.717, 1.165) is 0 Å². The predicted molar refractivity (Wildman–Crippen MR) is 94.7 cm³/mol. The highest BCUT2D eigenvalue weighted by Gasteiger charge is 2.37. The number of imide groups is 1. The molecule has 1 rings (SSSR count). The van der Waals surface area contributed by atoms with Gasteiger partial charge in [0.15, 0.2) is 17.4 Å². The fourth-order valence-corrected chi connectivity index (χ4v) is 2.39. The molecule has 0 aliphatic heterocycles. The van der Waals surface area contributed by atoms with Crippen LogP contribution in [0, 0.1) is 17.5 Å². The van der Waals surface area contributed by atoms with Crippen LogP contribution in [0.1, 0.15) is 57.3 Å². The van der Waals surface area contributed by atoms with E-state index in [2.05, 4.69) is 0 Å². The number of ether oxygens (including phenoxy) is 1. The summed E-state index contributed by atoms with van der Waals surface area (Å²) in [4.78, 5) is 48.7. The zero-order valence-corrected chi connectivity index (χ0v) is 16.4. The first-order chi connectivity index (χ1) is 13.3. The van der Waals surface area contributed by atoms with Crippen molar-refractivity contribution in [3.05, 3.63) is 35.1 Å². The lowest BCUT2D eigenvalue weighted by Crippen LogP contribution is -2.50. The number of hydrogen-bond donors (Lipinski definition) is 1. The summed E-state index contributed by atoms with van der Waals surface area (Å²) in [7, 11) is 0. The van der Waals surface area contributed by atoms with Gasteiger partial charge in [-0.15, -0.1) is 0 Å². The lowest BCUT2D eigenvalue weighted by molar-refractivity contribution is -0.149. The molecule has 1 unspecified atom stereocenters. The minimum atomic E-state index is -1.77. The monoisotopic (exact) mass is 417 g/mol. The van der Waals surface area contributed by atoms with Crippen LogP contribution >= 0.6 is 0 Å². The molecule has 0 aromatic heterocycles. The second-order valence-corrected chi connectivity index (χ2v) is 7.16. The van der Waals surface area contributed by atoms with E-state index in [9.17, 15) is 37.5 Å². The van der Waals surface area contributed by atoms with Crippen LogP contribution in [0.3, 0.4) is 0 Å². The molecule has 0 saturated heterocycles. The Balaban J connectivity index is 3.10. The molecule has 0 spiro atoms. The molecule has 1 aromatic carbocycles. The summed E-state index contributed by atoms with van der Waals surface area (Å²) in [6.45, 7) is 5.96. The van der Waals surface area contributed by atoms with Gasteiger partial charge < -0.3 is 9.84 Å². The molecule has 1 aromatic rings. The number of amides is 2. The number of hydrogen-bond acceptors (Lipinski definition) is 5. The Hall–Kier alpha value is -2.91. The minimum absolute atomic E-state index is 0.199. The van der Waals surface area contributed by atoms with Gasteiger partial charge in [-0.25, -0.2) is 27.7 Å². The quantitative estimate of drug-likeness (QED) is 0.536. The summed E-state index contributed by atoms with van der Waals surface area (Å²) in [5.41, 5.74) is -1.78. The molecular formula is C19H22F3NO6. The third-order valence-corrected chi connectivity index (χ3v) is 3.71. The first kappa shape index (κ1) is 24.1. The number of carboxylic acid groups (broad SMARTS) is 1. The fraction of sp³-hybridized carbons (Fsp3) is 0.474. The molecule has 0 radical (unpaired) electrons. The molecule has 0 fully saturated rings. The van der Waals surface area contributed by atoms with Gasteiger partial charge in [-0.3, -0.25) is 9.59 Å². The molecule has 10 heteroatoms. The zero-order chi connectivity index (χ0) is 22.5. The van der Waals surface area contributed by atoms with E-state index in [0.29, 0.717) is 11.0 Å². The van der Waals surface area contributed by atoms with Crippen molar-refractivity contribution < 1.29 is 42.2 Å². The smallest absolute Gasteiger partial charge is 0.417 e. The molecule has 1 atom stereocenters. The van der Waals surface area contributed by atoms with Gasteiger partial charge in [-0.1, -0.05) is 6.92 Å². The Bertz CT molecular complexity index is 819. The highest BCUT2D eigenvalue weighted by Crippen LogP contribution is 2.20. The molecule has 1 N–H and O–H groups in total. The molecule has 2 amide bonds. The lowest BCUT2D eigenvalue weighted by atomic mass is 10.0. The third kappa shape index (κ3) is 6.58. The van der Waals surface area contributed by atoms with Gasteiger partial charge in [-0.05, 0) is 33.3 Å². The number of rotatable bonds is 7. The summed E-state index contributed by atoms with van der Waals surface area (Å²) in [6, 6.07) is -1.20. The van der Waals surface area contributed by atoms with Crippen molar-refractivity contribution in [3.8, 4) is 0 Å². The molecule has 0 aliphatic rings. The molecule has 29 heavy (non-hydrogen) atoms. The molecule has 0 bridgehead atoms. The van der Waals surface area contributed by atoms with Gasteiger partial charge in [-0.2, -0.15) is 0 Å². The number of carbonyl (C=O) groups is 4. The Labute approximate surface area is 165 Å². The number of ketones is 1. The summed E-state index contributed by atoms with van der Waals surface area (Å²) in [6.07, 6.45) is -2.63. The van der Waals surface area contributed by atoms with Crippen LogP contribution in [-0.2, 0) is 14.3 Å². The molecule has 7 nitrogen and oxygen atoms in total. The molecule has 0 heterocycles. The summed E-state index contributed by atoms with van der Waals surface area (Å²) in [5, 5.41) is 9.46. The third-order valence-electron chi connectivity index (χ3n) is 3.71. The average Bonchev–Trinajstić information content (AvgIpc) is 2.58.